The summed E-state index contributed by atoms with van der Waals surface area (Å²) < 4.78 is 45.7. The summed E-state index contributed by atoms with van der Waals surface area (Å²) in [6.45, 7) is 1.75. The number of aromatic nitrogens is 2. The van der Waals surface area contributed by atoms with Crippen LogP contribution in [0.3, 0.4) is 0 Å². The molecular weight excluding hydrogens is 309 g/mol. The van der Waals surface area contributed by atoms with Crippen LogP contribution in [0.1, 0.15) is 34.2 Å². The van der Waals surface area contributed by atoms with Gasteiger partial charge in [-0.3, -0.25) is 9.48 Å². The third-order valence-electron chi connectivity index (χ3n) is 4.00. The molecule has 1 atom stereocenters. The second-order valence-electron chi connectivity index (χ2n) is 5.65. The predicted octanol–water partition coefficient (Wildman–Crippen LogP) is 3.33. The summed E-state index contributed by atoms with van der Waals surface area (Å²) in [5, 5.41) is 3.67. The maximum atomic E-state index is 13.1. The lowest BCUT2D eigenvalue weighted by molar-refractivity contribution is -0.142. The molecule has 1 heterocycles. The number of halogens is 3. The van der Waals surface area contributed by atoms with Gasteiger partial charge < -0.3 is 4.74 Å². The third-order valence-corrected chi connectivity index (χ3v) is 4.00. The van der Waals surface area contributed by atoms with Crippen LogP contribution in [0.2, 0.25) is 0 Å². The highest BCUT2D eigenvalue weighted by Gasteiger charge is 2.44. The van der Waals surface area contributed by atoms with Gasteiger partial charge in [-0.1, -0.05) is 19.1 Å². The molecule has 0 radical (unpaired) electrons. The average molecular weight is 324 g/mol. The van der Waals surface area contributed by atoms with Crippen molar-refractivity contribution >= 4 is 5.78 Å². The Bertz CT molecular complexity index is 748. The molecule has 0 saturated carbocycles. The van der Waals surface area contributed by atoms with E-state index in [-0.39, 0.29) is 30.0 Å². The van der Waals surface area contributed by atoms with Gasteiger partial charge >= 0.3 is 6.18 Å². The van der Waals surface area contributed by atoms with Gasteiger partial charge in [0.15, 0.2) is 11.5 Å². The zero-order chi connectivity index (χ0) is 16.8. The van der Waals surface area contributed by atoms with E-state index in [2.05, 4.69) is 5.10 Å². The summed E-state index contributed by atoms with van der Waals surface area (Å²) in [4.78, 5) is 12.2. The van der Waals surface area contributed by atoms with Crippen LogP contribution in [-0.2, 0) is 19.1 Å². The number of Topliss-reactive ketones (excluding diaryl/α,β-unsaturated/α-hetero) is 1. The number of ether oxygens (including phenoxy) is 1. The van der Waals surface area contributed by atoms with Crippen LogP contribution in [0.15, 0.2) is 24.3 Å². The lowest BCUT2D eigenvalue weighted by Gasteiger charge is -2.08. The molecule has 23 heavy (non-hydrogen) atoms. The number of fused-ring (bicyclic) bond motifs is 1. The minimum Gasteiger partial charge on any atom is -0.497 e. The number of ketones is 1. The number of carbonyl (C=O) groups excluding carboxylic acids is 1. The van der Waals surface area contributed by atoms with Gasteiger partial charge in [0.05, 0.1) is 13.7 Å². The smallest absolute Gasteiger partial charge is 0.435 e. The molecule has 1 aliphatic carbocycles. The Balaban J connectivity index is 2.01. The number of alkyl halides is 3. The first-order valence-corrected chi connectivity index (χ1v) is 7.15. The molecule has 0 N–H and O–H groups in total. The van der Waals surface area contributed by atoms with Crippen molar-refractivity contribution in [1.82, 2.24) is 9.78 Å². The fourth-order valence-corrected chi connectivity index (χ4v) is 2.85. The Kier molecular flexibility index (Phi) is 3.66. The standard InChI is InChI=1S/C16H15F3N2O2/c1-9-7-12-13(14(9)22)21(20-15(12)16(17,18)19)8-10-3-5-11(23-2)6-4-10/h3-6,9H,7-8H2,1-2H3. The molecular formula is C16H15F3N2O2. The second kappa shape index (κ2) is 5.40. The number of carbonyl (C=O) groups is 1. The van der Waals surface area contributed by atoms with E-state index in [0.717, 1.165) is 5.56 Å². The van der Waals surface area contributed by atoms with Gasteiger partial charge in [0, 0.05) is 11.5 Å². The van der Waals surface area contributed by atoms with E-state index in [4.69, 9.17) is 4.74 Å². The van der Waals surface area contributed by atoms with Crippen molar-refractivity contribution in [2.75, 3.05) is 7.11 Å². The van der Waals surface area contributed by atoms with Crippen molar-refractivity contribution in [2.24, 2.45) is 5.92 Å². The topological polar surface area (TPSA) is 44.1 Å². The number of benzene rings is 1. The zero-order valence-electron chi connectivity index (χ0n) is 12.6. The number of hydrogen-bond acceptors (Lipinski definition) is 3. The predicted molar refractivity (Wildman–Crippen MR) is 76.5 cm³/mol. The average Bonchev–Trinajstić information content (AvgIpc) is 2.98. The summed E-state index contributed by atoms with van der Waals surface area (Å²) >= 11 is 0. The van der Waals surface area contributed by atoms with Gasteiger partial charge in [-0.25, -0.2) is 0 Å². The minimum absolute atomic E-state index is 0.0171. The second-order valence-corrected chi connectivity index (χ2v) is 5.65. The van der Waals surface area contributed by atoms with Crippen LogP contribution in [0.5, 0.6) is 5.75 Å². The van der Waals surface area contributed by atoms with E-state index in [1.807, 2.05) is 0 Å². The SMILES string of the molecule is COc1ccc(Cn2nc(C(F)(F)F)c3c2C(=O)C(C)C3)cc1. The lowest BCUT2D eigenvalue weighted by Crippen LogP contribution is -2.15. The Morgan fingerprint density at radius 1 is 1.30 bits per heavy atom. The Hall–Kier alpha value is -2.31. The van der Waals surface area contributed by atoms with Crippen molar-refractivity contribution in [3.05, 3.63) is 46.8 Å². The first-order valence-electron chi connectivity index (χ1n) is 7.15. The van der Waals surface area contributed by atoms with Crippen LogP contribution in [0.4, 0.5) is 13.2 Å². The minimum atomic E-state index is -4.56. The lowest BCUT2D eigenvalue weighted by atomic mass is 10.1. The maximum absolute atomic E-state index is 13.1. The zero-order valence-corrected chi connectivity index (χ0v) is 12.6. The van der Waals surface area contributed by atoms with Gasteiger partial charge in [0.2, 0.25) is 0 Å². The normalized spacial score (nSPS) is 17.4. The molecule has 1 aromatic carbocycles. The van der Waals surface area contributed by atoms with E-state index in [0.29, 0.717) is 5.75 Å². The molecule has 0 amide bonds. The first-order chi connectivity index (χ1) is 10.8. The number of rotatable bonds is 3. The fourth-order valence-electron chi connectivity index (χ4n) is 2.85. The highest BCUT2D eigenvalue weighted by Crippen LogP contribution is 2.38. The van der Waals surface area contributed by atoms with Crippen LogP contribution >= 0.6 is 0 Å². The quantitative estimate of drug-likeness (QED) is 0.870. The molecule has 1 unspecified atom stereocenters. The van der Waals surface area contributed by atoms with E-state index < -0.39 is 17.8 Å². The monoisotopic (exact) mass is 324 g/mol. The molecule has 7 heteroatoms. The molecule has 0 bridgehead atoms. The Labute approximate surface area is 130 Å². The van der Waals surface area contributed by atoms with Gasteiger partial charge in [-0.2, -0.15) is 18.3 Å². The van der Waals surface area contributed by atoms with Crippen LogP contribution in [0.25, 0.3) is 0 Å². The van der Waals surface area contributed by atoms with Crippen LogP contribution in [0, 0.1) is 5.92 Å². The molecule has 2 aromatic rings. The molecule has 0 spiro atoms. The van der Waals surface area contributed by atoms with Crippen LogP contribution in [-0.4, -0.2) is 22.7 Å². The molecule has 0 fully saturated rings. The molecule has 3 rings (SSSR count). The summed E-state index contributed by atoms with van der Waals surface area (Å²) in [5.74, 6) is -0.0668. The molecule has 0 saturated heterocycles. The summed E-state index contributed by atoms with van der Waals surface area (Å²) in [6.07, 6.45) is -4.47. The fraction of sp³-hybridized carbons (Fsp3) is 0.375. The summed E-state index contributed by atoms with van der Waals surface area (Å²) in [5.41, 5.74) is -0.0972. The molecule has 122 valence electrons. The molecule has 1 aromatic heterocycles. The Morgan fingerprint density at radius 2 is 1.96 bits per heavy atom. The number of methoxy groups -OCH3 is 1. The third kappa shape index (κ3) is 2.71. The molecule has 0 aliphatic heterocycles. The van der Waals surface area contributed by atoms with Crippen molar-refractivity contribution in [1.29, 1.82) is 0 Å². The summed E-state index contributed by atoms with van der Waals surface area (Å²) in [6, 6.07) is 6.91. The van der Waals surface area contributed by atoms with Crippen molar-refractivity contribution < 1.29 is 22.7 Å². The first kappa shape index (κ1) is 15.6. The summed E-state index contributed by atoms with van der Waals surface area (Å²) in [7, 11) is 1.53. The van der Waals surface area contributed by atoms with E-state index >= 15 is 0 Å². The molecule has 4 nitrogen and oxygen atoms in total. The van der Waals surface area contributed by atoms with Crippen molar-refractivity contribution in [3.63, 3.8) is 0 Å². The van der Waals surface area contributed by atoms with Crippen molar-refractivity contribution in [3.8, 4) is 5.75 Å². The van der Waals surface area contributed by atoms with Crippen molar-refractivity contribution in [2.45, 2.75) is 26.1 Å². The van der Waals surface area contributed by atoms with Gasteiger partial charge in [-0.15, -0.1) is 0 Å². The highest BCUT2D eigenvalue weighted by atomic mass is 19.4. The Morgan fingerprint density at radius 3 is 2.52 bits per heavy atom. The number of nitrogens with zero attached hydrogens (tertiary/aromatic N) is 2. The maximum Gasteiger partial charge on any atom is 0.435 e. The molecule has 1 aliphatic rings. The van der Waals surface area contributed by atoms with E-state index in [9.17, 15) is 18.0 Å². The van der Waals surface area contributed by atoms with E-state index in [1.165, 1.54) is 11.8 Å². The van der Waals surface area contributed by atoms with Gasteiger partial charge in [0.1, 0.15) is 11.4 Å². The largest absolute Gasteiger partial charge is 0.497 e. The number of hydrogen-bond donors (Lipinski definition) is 0. The van der Waals surface area contributed by atoms with Gasteiger partial charge in [-0.05, 0) is 24.1 Å². The van der Waals surface area contributed by atoms with Gasteiger partial charge in [0.25, 0.3) is 0 Å². The highest BCUT2D eigenvalue weighted by molar-refractivity contribution is 6.00. The van der Waals surface area contributed by atoms with Crippen LogP contribution < -0.4 is 4.74 Å². The van der Waals surface area contributed by atoms with E-state index in [1.54, 1.807) is 31.2 Å².